The summed E-state index contributed by atoms with van der Waals surface area (Å²) in [6.45, 7) is 5.87. The normalized spacial score (nSPS) is 15.0. The van der Waals surface area contributed by atoms with Gasteiger partial charge in [0, 0.05) is 29.8 Å². The Labute approximate surface area is 177 Å². The summed E-state index contributed by atoms with van der Waals surface area (Å²) in [5.41, 5.74) is 3.44. The first kappa shape index (κ1) is 20.3. The van der Waals surface area contributed by atoms with Gasteiger partial charge in [-0.1, -0.05) is 31.0 Å². The number of carbonyl (C=O) groups excluding carboxylic acids is 1. The number of hydrogen-bond acceptors (Lipinski definition) is 5. The SMILES string of the molecule is Cc1ccccc1-c1nnc(-c2ccc(C(=O)NCCN3CCCCCC3)cc2)o1. The first-order valence-electron chi connectivity index (χ1n) is 10.7. The zero-order valence-electron chi connectivity index (χ0n) is 17.4. The van der Waals surface area contributed by atoms with E-state index in [0.717, 1.165) is 36.3 Å². The number of rotatable bonds is 6. The van der Waals surface area contributed by atoms with Crippen LogP contribution in [0.4, 0.5) is 0 Å². The van der Waals surface area contributed by atoms with Gasteiger partial charge in [0.25, 0.3) is 5.91 Å². The lowest BCUT2D eigenvalue weighted by Crippen LogP contribution is -2.35. The van der Waals surface area contributed by atoms with E-state index in [2.05, 4.69) is 20.4 Å². The molecule has 0 atom stereocenters. The molecule has 0 radical (unpaired) electrons. The number of amides is 1. The van der Waals surface area contributed by atoms with Gasteiger partial charge in [-0.3, -0.25) is 4.79 Å². The predicted octanol–water partition coefficient (Wildman–Crippen LogP) is 4.32. The van der Waals surface area contributed by atoms with E-state index < -0.39 is 0 Å². The van der Waals surface area contributed by atoms with Crippen LogP contribution in [0.5, 0.6) is 0 Å². The Kier molecular flexibility index (Phi) is 6.54. The molecular formula is C24H28N4O2. The summed E-state index contributed by atoms with van der Waals surface area (Å²) in [6.07, 6.45) is 5.16. The largest absolute Gasteiger partial charge is 0.416 e. The molecule has 3 aromatic rings. The van der Waals surface area contributed by atoms with Crippen molar-refractivity contribution in [2.75, 3.05) is 26.2 Å². The van der Waals surface area contributed by atoms with E-state index in [1.807, 2.05) is 43.3 Å². The van der Waals surface area contributed by atoms with Gasteiger partial charge in [0.2, 0.25) is 11.8 Å². The number of aryl methyl sites for hydroxylation is 1. The van der Waals surface area contributed by atoms with Crippen molar-refractivity contribution in [2.45, 2.75) is 32.6 Å². The fourth-order valence-electron chi connectivity index (χ4n) is 3.82. The molecule has 1 N–H and O–H groups in total. The molecule has 6 heteroatoms. The van der Waals surface area contributed by atoms with Crippen LogP contribution >= 0.6 is 0 Å². The van der Waals surface area contributed by atoms with Crippen LogP contribution in [0.15, 0.2) is 52.9 Å². The Hall–Kier alpha value is -2.99. The number of likely N-dealkylation sites (tertiary alicyclic amines) is 1. The van der Waals surface area contributed by atoms with Gasteiger partial charge in [-0.2, -0.15) is 0 Å². The minimum atomic E-state index is -0.0532. The maximum atomic E-state index is 12.4. The number of carbonyl (C=O) groups is 1. The Morgan fingerprint density at radius 1 is 0.967 bits per heavy atom. The summed E-state index contributed by atoms with van der Waals surface area (Å²) < 4.78 is 5.85. The van der Waals surface area contributed by atoms with Crippen LogP contribution < -0.4 is 5.32 Å². The average Bonchev–Trinajstić information content (AvgIpc) is 3.11. The smallest absolute Gasteiger partial charge is 0.251 e. The Morgan fingerprint density at radius 2 is 1.67 bits per heavy atom. The molecule has 1 fully saturated rings. The lowest BCUT2D eigenvalue weighted by molar-refractivity contribution is 0.0948. The number of benzene rings is 2. The standard InChI is InChI=1S/C24H28N4O2/c1-18-8-4-5-9-21(18)24-27-26-23(30-24)20-12-10-19(11-13-20)22(29)25-14-17-28-15-6-2-3-7-16-28/h4-5,8-13H,2-3,6-7,14-17H2,1H3,(H,25,29). The lowest BCUT2D eigenvalue weighted by Gasteiger charge is -2.19. The molecule has 4 rings (SSSR count). The highest BCUT2D eigenvalue weighted by Gasteiger charge is 2.14. The summed E-state index contributed by atoms with van der Waals surface area (Å²) in [7, 11) is 0. The van der Waals surface area contributed by atoms with Crippen LogP contribution in [0.1, 0.15) is 41.6 Å². The summed E-state index contributed by atoms with van der Waals surface area (Å²) in [5, 5.41) is 11.4. The third-order valence-corrected chi connectivity index (χ3v) is 5.61. The molecule has 0 spiro atoms. The molecule has 1 aliphatic rings. The topological polar surface area (TPSA) is 71.3 Å². The molecule has 0 bridgehead atoms. The molecule has 0 saturated carbocycles. The van der Waals surface area contributed by atoms with E-state index in [0.29, 0.717) is 23.9 Å². The van der Waals surface area contributed by atoms with Crippen LogP contribution in [-0.2, 0) is 0 Å². The number of aromatic nitrogens is 2. The molecule has 30 heavy (non-hydrogen) atoms. The highest BCUT2D eigenvalue weighted by atomic mass is 16.4. The summed E-state index contributed by atoms with van der Waals surface area (Å²) in [6, 6.07) is 15.2. The van der Waals surface area contributed by atoms with Crippen LogP contribution in [0.25, 0.3) is 22.9 Å². The highest BCUT2D eigenvalue weighted by molar-refractivity contribution is 5.94. The lowest BCUT2D eigenvalue weighted by atomic mass is 10.1. The van der Waals surface area contributed by atoms with Gasteiger partial charge in [-0.15, -0.1) is 10.2 Å². The van der Waals surface area contributed by atoms with Gasteiger partial charge < -0.3 is 14.6 Å². The molecule has 1 saturated heterocycles. The quantitative estimate of drug-likeness (QED) is 0.663. The Morgan fingerprint density at radius 3 is 2.40 bits per heavy atom. The first-order valence-corrected chi connectivity index (χ1v) is 10.7. The van der Waals surface area contributed by atoms with Gasteiger partial charge in [-0.25, -0.2) is 0 Å². The molecule has 2 heterocycles. The molecule has 6 nitrogen and oxygen atoms in total. The first-order chi connectivity index (χ1) is 14.7. The summed E-state index contributed by atoms with van der Waals surface area (Å²) in [5.74, 6) is 0.891. The van der Waals surface area contributed by atoms with E-state index in [-0.39, 0.29) is 5.91 Å². The molecule has 1 amide bonds. The fourth-order valence-corrected chi connectivity index (χ4v) is 3.82. The molecule has 1 aromatic heterocycles. The third-order valence-electron chi connectivity index (χ3n) is 5.61. The van der Waals surface area contributed by atoms with Gasteiger partial charge in [-0.05, 0) is 68.8 Å². The van der Waals surface area contributed by atoms with Crippen molar-refractivity contribution >= 4 is 5.91 Å². The second-order valence-corrected chi connectivity index (χ2v) is 7.82. The molecule has 2 aromatic carbocycles. The van der Waals surface area contributed by atoms with Crippen molar-refractivity contribution in [1.29, 1.82) is 0 Å². The van der Waals surface area contributed by atoms with Gasteiger partial charge in [0.15, 0.2) is 0 Å². The maximum Gasteiger partial charge on any atom is 0.251 e. The van der Waals surface area contributed by atoms with E-state index in [4.69, 9.17) is 4.42 Å². The van der Waals surface area contributed by atoms with Crippen molar-refractivity contribution in [3.63, 3.8) is 0 Å². The van der Waals surface area contributed by atoms with Gasteiger partial charge in [0.1, 0.15) is 0 Å². The van der Waals surface area contributed by atoms with E-state index in [1.165, 1.54) is 25.7 Å². The average molecular weight is 405 g/mol. The second-order valence-electron chi connectivity index (χ2n) is 7.82. The molecular weight excluding hydrogens is 376 g/mol. The maximum absolute atomic E-state index is 12.4. The van der Waals surface area contributed by atoms with Crippen LogP contribution in [-0.4, -0.2) is 47.2 Å². The fraction of sp³-hybridized carbons (Fsp3) is 0.375. The van der Waals surface area contributed by atoms with Crippen LogP contribution in [0, 0.1) is 6.92 Å². The monoisotopic (exact) mass is 404 g/mol. The summed E-state index contributed by atoms with van der Waals surface area (Å²) >= 11 is 0. The van der Waals surface area contributed by atoms with Crippen molar-refractivity contribution in [1.82, 2.24) is 20.4 Å². The van der Waals surface area contributed by atoms with E-state index in [1.54, 1.807) is 12.1 Å². The second kappa shape index (κ2) is 9.67. The van der Waals surface area contributed by atoms with Crippen molar-refractivity contribution in [3.05, 3.63) is 59.7 Å². The number of hydrogen-bond donors (Lipinski definition) is 1. The molecule has 156 valence electrons. The third kappa shape index (κ3) is 4.94. The zero-order valence-corrected chi connectivity index (χ0v) is 17.4. The molecule has 1 aliphatic heterocycles. The van der Waals surface area contributed by atoms with Crippen molar-refractivity contribution in [2.24, 2.45) is 0 Å². The summed E-state index contributed by atoms with van der Waals surface area (Å²) in [4.78, 5) is 14.9. The Bertz CT molecular complexity index is 973. The number of nitrogens with one attached hydrogen (secondary N) is 1. The van der Waals surface area contributed by atoms with Gasteiger partial charge >= 0.3 is 0 Å². The molecule has 0 unspecified atom stereocenters. The van der Waals surface area contributed by atoms with E-state index in [9.17, 15) is 4.79 Å². The number of nitrogens with zero attached hydrogens (tertiary/aromatic N) is 3. The minimum absolute atomic E-state index is 0.0532. The minimum Gasteiger partial charge on any atom is -0.416 e. The van der Waals surface area contributed by atoms with Crippen molar-refractivity contribution < 1.29 is 9.21 Å². The van der Waals surface area contributed by atoms with Gasteiger partial charge in [0.05, 0.1) is 0 Å². The molecule has 0 aliphatic carbocycles. The van der Waals surface area contributed by atoms with Crippen molar-refractivity contribution in [3.8, 4) is 22.9 Å². The predicted molar refractivity (Wildman–Crippen MR) is 117 cm³/mol. The van der Waals surface area contributed by atoms with Crippen LogP contribution in [0.2, 0.25) is 0 Å². The Balaban J connectivity index is 1.35. The van der Waals surface area contributed by atoms with E-state index >= 15 is 0 Å². The highest BCUT2D eigenvalue weighted by Crippen LogP contribution is 2.26. The van der Waals surface area contributed by atoms with Crippen LogP contribution in [0.3, 0.4) is 0 Å². The zero-order chi connectivity index (χ0) is 20.8.